The number of aromatic nitrogens is 3. The molecular weight excluding hydrogens is 330 g/mol. The molecular formula is C17H16ClN3O3. The molecule has 2 heterocycles. The van der Waals surface area contributed by atoms with Crippen LogP contribution in [0.3, 0.4) is 0 Å². The monoisotopic (exact) mass is 345 g/mol. The number of rotatable bonds is 6. The molecule has 0 saturated heterocycles. The SMILES string of the molecule is O=c1c2cccnc2cnn1CC(O)COCc1ccccc1Cl. The summed E-state index contributed by atoms with van der Waals surface area (Å²) in [5.74, 6) is 0. The second-order valence-electron chi connectivity index (χ2n) is 5.33. The first-order valence-electron chi connectivity index (χ1n) is 7.45. The Bertz CT molecular complexity index is 897. The van der Waals surface area contributed by atoms with E-state index in [-0.39, 0.29) is 18.7 Å². The van der Waals surface area contributed by atoms with E-state index in [1.165, 1.54) is 10.9 Å². The number of aliphatic hydroxyl groups is 1. The van der Waals surface area contributed by atoms with Gasteiger partial charge >= 0.3 is 0 Å². The number of halogens is 1. The number of aliphatic hydroxyl groups excluding tert-OH is 1. The Balaban J connectivity index is 1.61. The second kappa shape index (κ2) is 7.53. The summed E-state index contributed by atoms with van der Waals surface area (Å²) in [5.41, 5.74) is 1.09. The van der Waals surface area contributed by atoms with Crippen molar-refractivity contribution in [3.63, 3.8) is 0 Å². The van der Waals surface area contributed by atoms with Crippen molar-refractivity contribution >= 4 is 22.5 Å². The van der Waals surface area contributed by atoms with Crippen LogP contribution >= 0.6 is 11.6 Å². The number of hydrogen-bond donors (Lipinski definition) is 1. The van der Waals surface area contributed by atoms with E-state index in [0.29, 0.717) is 22.5 Å². The molecule has 1 N–H and O–H groups in total. The van der Waals surface area contributed by atoms with Crippen molar-refractivity contribution in [3.8, 4) is 0 Å². The van der Waals surface area contributed by atoms with Crippen molar-refractivity contribution in [2.45, 2.75) is 19.3 Å². The molecule has 2 aromatic heterocycles. The Kier molecular flexibility index (Phi) is 5.20. The van der Waals surface area contributed by atoms with Crippen molar-refractivity contribution in [1.82, 2.24) is 14.8 Å². The van der Waals surface area contributed by atoms with Crippen LogP contribution in [0, 0.1) is 0 Å². The zero-order valence-electron chi connectivity index (χ0n) is 12.8. The van der Waals surface area contributed by atoms with Crippen molar-refractivity contribution in [1.29, 1.82) is 0 Å². The van der Waals surface area contributed by atoms with Crippen molar-refractivity contribution < 1.29 is 9.84 Å². The number of ether oxygens (including phenoxy) is 1. The summed E-state index contributed by atoms with van der Waals surface area (Å²) in [6, 6.07) is 10.7. The lowest BCUT2D eigenvalue weighted by Gasteiger charge is -2.13. The van der Waals surface area contributed by atoms with Gasteiger partial charge in [0.2, 0.25) is 0 Å². The molecule has 0 saturated carbocycles. The Morgan fingerprint density at radius 1 is 1.25 bits per heavy atom. The lowest BCUT2D eigenvalue weighted by atomic mass is 10.2. The number of benzene rings is 1. The molecule has 1 atom stereocenters. The Morgan fingerprint density at radius 3 is 2.92 bits per heavy atom. The number of nitrogens with zero attached hydrogens (tertiary/aromatic N) is 3. The molecule has 3 rings (SSSR count). The zero-order valence-corrected chi connectivity index (χ0v) is 13.6. The third-order valence-electron chi connectivity index (χ3n) is 3.53. The first-order chi connectivity index (χ1) is 11.6. The Morgan fingerprint density at radius 2 is 2.08 bits per heavy atom. The van der Waals surface area contributed by atoms with E-state index < -0.39 is 6.10 Å². The fourth-order valence-electron chi connectivity index (χ4n) is 2.32. The second-order valence-corrected chi connectivity index (χ2v) is 5.74. The molecule has 0 aliphatic rings. The maximum absolute atomic E-state index is 12.3. The third-order valence-corrected chi connectivity index (χ3v) is 3.90. The molecule has 1 unspecified atom stereocenters. The van der Waals surface area contributed by atoms with Gasteiger partial charge in [0.15, 0.2) is 0 Å². The van der Waals surface area contributed by atoms with Gasteiger partial charge in [-0.3, -0.25) is 9.78 Å². The zero-order chi connectivity index (χ0) is 16.9. The molecule has 3 aromatic rings. The van der Waals surface area contributed by atoms with E-state index in [1.807, 2.05) is 18.2 Å². The van der Waals surface area contributed by atoms with Crippen LogP contribution in [0.1, 0.15) is 5.56 Å². The predicted octanol–water partition coefficient (Wildman–Crippen LogP) is 2.02. The minimum absolute atomic E-state index is 0.0478. The van der Waals surface area contributed by atoms with Crippen LogP contribution in [0.2, 0.25) is 5.02 Å². The van der Waals surface area contributed by atoms with Crippen LogP contribution in [0.4, 0.5) is 0 Å². The third kappa shape index (κ3) is 3.79. The molecule has 7 heteroatoms. The van der Waals surface area contributed by atoms with E-state index in [9.17, 15) is 9.90 Å². The van der Waals surface area contributed by atoms with Gasteiger partial charge < -0.3 is 9.84 Å². The van der Waals surface area contributed by atoms with Gasteiger partial charge in [-0.1, -0.05) is 29.8 Å². The molecule has 0 bridgehead atoms. The van der Waals surface area contributed by atoms with E-state index in [0.717, 1.165) is 5.56 Å². The molecule has 1 aromatic carbocycles. The minimum Gasteiger partial charge on any atom is -0.389 e. The minimum atomic E-state index is -0.855. The van der Waals surface area contributed by atoms with E-state index >= 15 is 0 Å². The quantitative estimate of drug-likeness (QED) is 0.739. The van der Waals surface area contributed by atoms with Gasteiger partial charge in [-0.25, -0.2) is 4.68 Å². The Hall–Kier alpha value is -2.28. The molecule has 0 spiro atoms. The Labute approximate surface area is 143 Å². The maximum atomic E-state index is 12.3. The van der Waals surface area contributed by atoms with Crippen molar-refractivity contribution in [2.24, 2.45) is 0 Å². The van der Waals surface area contributed by atoms with Gasteiger partial charge in [-0.15, -0.1) is 0 Å². The molecule has 24 heavy (non-hydrogen) atoms. The van der Waals surface area contributed by atoms with Crippen LogP contribution < -0.4 is 5.56 Å². The normalized spacial score (nSPS) is 12.4. The van der Waals surface area contributed by atoms with Crippen LogP contribution in [0.5, 0.6) is 0 Å². The van der Waals surface area contributed by atoms with Gasteiger partial charge in [0, 0.05) is 11.2 Å². The predicted molar refractivity (Wildman–Crippen MR) is 90.9 cm³/mol. The largest absolute Gasteiger partial charge is 0.389 e. The summed E-state index contributed by atoms with van der Waals surface area (Å²) >= 11 is 6.04. The van der Waals surface area contributed by atoms with E-state index in [2.05, 4.69) is 10.1 Å². The van der Waals surface area contributed by atoms with Crippen LogP contribution in [-0.4, -0.2) is 32.6 Å². The highest BCUT2D eigenvalue weighted by atomic mass is 35.5. The average molecular weight is 346 g/mol. The molecule has 0 fully saturated rings. The molecule has 124 valence electrons. The lowest BCUT2D eigenvalue weighted by Crippen LogP contribution is -2.31. The molecule has 0 aliphatic heterocycles. The molecule has 0 aliphatic carbocycles. The summed E-state index contributed by atoms with van der Waals surface area (Å²) < 4.78 is 6.69. The summed E-state index contributed by atoms with van der Waals surface area (Å²) in [5, 5.41) is 15.2. The summed E-state index contributed by atoms with van der Waals surface area (Å²) in [6.07, 6.45) is 2.26. The molecule has 0 radical (unpaired) electrons. The van der Waals surface area contributed by atoms with E-state index in [1.54, 1.807) is 24.4 Å². The topological polar surface area (TPSA) is 77.2 Å². The summed E-state index contributed by atoms with van der Waals surface area (Å²) in [7, 11) is 0. The lowest BCUT2D eigenvalue weighted by molar-refractivity contribution is 0.0181. The smallest absolute Gasteiger partial charge is 0.276 e. The van der Waals surface area contributed by atoms with Crippen molar-refractivity contribution in [2.75, 3.05) is 6.61 Å². The maximum Gasteiger partial charge on any atom is 0.276 e. The standard InChI is InChI=1S/C17H16ClN3O3/c18-15-6-2-1-4-12(15)10-24-11-13(22)9-21-17(23)14-5-3-7-19-16(14)8-20-21/h1-8,13,22H,9-11H2. The first kappa shape index (κ1) is 16.6. The van der Waals surface area contributed by atoms with Gasteiger partial charge in [0.05, 0.1) is 43.0 Å². The fraction of sp³-hybridized carbons (Fsp3) is 0.235. The van der Waals surface area contributed by atoms with Gasteiger partial charge in [-0.2, -0.15) is 5.10 Å². The van der Waals surface area contributed by atoms with Crippen LogP contribution in [0.15, 0.2) is 53.6 Å². The van der Waals surface area contributed by atoms with Gasteiger partial charge in [0.1, 0.15) is 0 Å². The van der Waals surface area contributed by atoms with Gasteiger partial charge in [0.25, 0.3) is 5.56 Å². The number of hydrogen-bond acceptors (Lipinski definition) is 5. The van der Waals surface area contributed by atoms with E-state index in [4.69, 9.17) is 16.3 Å². The van der Waals surface area contributed by atoms with Crippen LogP contribution in [0.25, 0.3) is 10.9 Å². The first-order valence-corrected chi connectivity index (χ1v) is 7.83. The number of fused-ring (bicyclic) bond motifs is 1. The average Bonchev–Trinajstić information content (AvgIpc) is 2.59. The fourth-order valence-corrected chi connectivity index (χ4v) is 2.51. The van der Waals surface area contributed by atoms with Crippen LogP contribution in [-0.2, 0) is 17.9 Å². The summed E-state index contributed by atoms with van der Waals surface area (Å²) in [6.45, 7) is 0.414. The summed E-state index contributed by atoms with van der Waals surface area (Å²) in [4.78, 5) is 16.4. The number of pyridine rings is 1. The highest BCUT2D eigenvalue weighted by Gasteiger charge is 2.11. The highest BCUT2D eigenvalue weighted by Crippen LogP contribution is 2.15. The molecule has 6 nitrogen and oxygen atoms in total. The van der Waals surface area contributed by atoms with Gasteiger partial charge in [-0.05, 0) is 23.8 Å². The van der Waals surface area contributed by atoms with Crippen molar-refractivity contribution in [3.05, 3.63) is 69.7 Å². The molecule has 0 amide bonds. The highest BCUT2D eigenvalue weighted by molar-refractivity contribution is 6.31.